The molecular weight excluding hydrogens is 424 g/mol. The number of hydrogen-bond donors (Lipinski definition) is 0. The van der Waals surface area contributed by atoms with Crippen LogP contribution in [0.1, 0.15) is 0 Å². The minimum absolute atomic E-state index is 0.587. The second-order valence-corrected chi connectivity index (χ2v) is 7.70. The topological polar surface area (TPSA) is 35.1 Å². The molecule has 138 valence electrons. The zero-order chi connectivity index (χ0) is 19.4. The van der Waals surface area contributed by atoms with Gasteiger partial charge in [0.15, 0.2) is 5.65 Å². The van der Waals surface area contributed by atoms with Crippen molar-refractivity contribution in [3.05, 3.63) is 95.9 Å². The Hall–Kier alpha value is -3.44. The van der Waals surface area contributed by atoms with Gasteiger partial charge < -0.3 is 4.57 Å². The normalized spacial score (nSPS) is 11.6. The highest BCUT2D eigenvalue weighted by Gasteiger charge is 2.14. The number of hydrogen-bond acceptors (Lipinski definition) is 2. The van der Waals surface area contributed by atoms with Gasteiger partial charge in [0.05, 0.1) is 11.0 Å². The molecule has 0 aliphatic heterocycles. The molecule has 0 saturated heterocycles. The number of rotatable bonds is 2. The van der Waals surface area contributed by atoms with Crippen molar-refractivity contribution in [3.63, 3.8) is 0 Å². The number of fused-ring (bicyclic) bond motifs is 4. The monoisotopic (exact) mass is 438 g/mol. The highest BCUT2D eigenvalue weighted by atomic mass is 79.9. The van der Waals surface area contributed by atoms with Crippen LogP contribution in [0.5, 0.6) is 0 Å². The molecule has 4 nitrogen and oxygen atoms in total. The van der Waals surface area contributed by atoms with Crippen LogP contribution in [0.3, 0.4) is 0 Å². The van der Waals surface area contributed by atoms with Crippen LogP contribution >= 0.6 is 15.9 Å². The first kappa shape index (κ1) is 16.5. The summed E-state index contributed by atoms with van der Waals surface area (Å²) in [5.41, 5.74) is 6.53. The van der Waals surface area contributed by atoms with E-state index >= 15 is 0 Å². The molecule has 0 saturated carbocycles. The van der Waals surface area contributed by atoms with Gasteiger partial charge in [-0.25, -0.2) is 9.50 Å². The molecule has 6 aromatic rings. The maximum Gasteiger partial charge on any atom is 0.218 e. The summed E-state index contributed by atoms with van der Waals surface area (Å²) in [5.74, 6) is 0. The molecule has 0 bridgehead atoms. The lowest BCUT2D eigenvalue weighted by Crippen LogP contribution is -1.94. The van der Waals surface area contributed by atoms with Crippen LogP contribution in [0.4, 0.5) is 0 Å². The van der Waals surface area contributed by atoms with Gasteiger partial charge in [-0.05, 0) is 57.9 Å². The van der Waals surface area contributed by atoms with E-state index in [1.807, 2.05) is 18.3 Å². The van der Waals surface area contributed by atoms with Crippen LogP contribution in [0.15, 0.2) is 95.9 Å². The van der Waals surface area contributed by atoms with Crippen LogP contribution in [-0.2, 0) is 0 Å². The Balaban J connectivity index is 1.70. The van der Waals surface area contributed by atoms with Crippen molar-refractivity contribution in [1.29, 1.82) is 0 Å². The molecule has 0 aliphatic carbocycles. The van der Waals surface area contributed by atoms with E-state index in [1.54, 1.807) is 4.52 Å². The van der Waals surface area contributed by atoms with E-state index in [-0.39, 0.29) is 0 Å². The van der Waals surface area contributed by atoms with Crippen LogP contribution in [0.25, 0.3) is 44.3 Å². The maximum atomic E-state index is 4.55. The van der Waals surface area contributed by atoms with E-state index in [0.717, 1.165) is 22.5 Å². The fraction of sp³-hybridized carbons (Fsp3) is 0. The van der Waals surface area contributed by atoms with Crippen molar-refractivity contribution in [3.8, 4) is 16.8 Å². The molecule has 0 N–H and O–H groups in total. The maximum absolute atomic E-state index is 4.55. The van der Waals surface area contributed by atoms with Crippen molar-refractivity contribution in [2.45, 2.75) is 0 Å². The first-order valence-electron chi connectivity index (χ1n) is 9.39. The number of pyridine rings is 1. The second kappa shape index (κ2) is 6.29. The van der Waals surface area contributed by atoms with Gasteiger partial charge in [-0.15, -0.1) is 5.10 Å². The summed E-state index contributed by atoms with van der Waals surface area (Å²) in [6.45, 7) is 0. The summed E-state index contributed by atoms with van der Waals surface area (Å²) in [5, 5.41) is 6.87. The largest absolute Gasteiger partial charge is 0.309 e. The SMILES string of the molecule is Brc1nc2c(-c3ccc4c5ccccc5n(-c5ccccc5)c4c3)cccn2n1. The molecule has 29 heavy (non-hydrogen) atoms. The summed E-state index contributed by atoms with van der Waals surface area (Å²) in [6, 6.07) is 29.8. The van der Waals surface area contributed by atoms with Gasteiger partial charge in [0.2, 0.25) is 4.73 Å². The van der Waals surface area contributed by atoms with E-state index in [2.05, 4.69) is 103 Å². The molecular formula is C24H15BrN4. The predicted molar refractivity (Wildman–Crippen MR) is 120 cm³/mol. The standard InChI is InChI=1S/C24H15BrN4/c25-24-26-23-18(10-6-14-28(23)27-24)16-12-13-20-19-9-4-5-11-21(19)29(22(20)15-16)17-7-2-1-3-8-17/h1-15H. The quantitative estimate of drug-likeness (QED) is 0.319. The Morgan fingerprint density at radius 3 is 2.41 bits per heavy atom. The van der Waals surface area contributed by atoms with Crippen molar-refractivity contribution in [2.75, 3.05) is 0 Å². The van der Waals surface area contributed by atoms with Gasteiger partial charge in [0, 0.05) is 28.2 Å². The van der Waals surface area contributed by atoms with E-state index in [1.165, 1.54) is 21.8 Å². The predicted octanol–water partition coefficient (Wildman–Crippen LogP) is 6.26. The lowest BCUT2D eigenvalue weighted by atomic mass is 10.0. The Labute approximate surface area is 175 Å². The van der Waals surface area contributed by atoms with E-state index < -0.39 is 0 Å². The van der Waals surface area contributed by atoms with Crippen LogP contribution < -0.4 is 0 Å². The Kier molecular flexibility index (Phi) is 3.58. The Morgan fingerprint density at radius 1 is 0.724 bits per heavy atom. The highest BCUT2D eigenvalue weighted by Crippen LogP contribution is 2.35. The minimum atomic E-state index is 0.587. The van der Waals surface area contributed by atoms with Crippen molar-refractivity contribution in [1.82, 2.24) is 19.2 Å². The molecule has 6 rings (SSSR count). The first-order chi connectivity index (χ1) is 14.3. The lowest BCUT2D eigenvalue weighted by molar-refractivity contribution is 0.946. The number of benzene rings is 3. The first-order valence-corrected chi connectivity index (χ1v) is 10.2. The third kappa shape index (κ3) is 2.51. The Morgan fingerprint density at radius 2 is 1.52 bits per heavy atom. The summed E-state index contributed by atoms with van der Waals surface area (Å²) in [7, 11) is 0. The number of aromatic nitrogens is 4. The molecule has 0 radical (unpaired) electrons. The lowest BCUT2D eigenvalue weighted by Gasteiger charge is -2.09. The van der Waals surface area contributed by atoms with E-state index in [9.17, 15) is 0 Å². The third-order valence-corrected chi connectivity index (χ3v) is 5.67. The van der Waals surface area contributed by atoms with Gasteiger partial charge in [-0.1, -0.05) is 48.5 Å². The summed E-state index contributed by atoms with van der Waals surface area (Å²) >= 11 is 3.39. The fourth-order valence-corrected chi connectivity index (χ4v) is 4.44. The zero-order valence-electron chi connectivity index (χ0n) is 15.3. The van der Waals surface area contributed by atoms with Crippen LogP contribution in [0, 0.1) is 0 Å². The molecule has 0 fully saturated rings. The number of para-hydroxylation sites is 2. The van der Waals surface area contributed by atoms with Gasteiger partial charge in [-0.2, -0.15) is 0 Å². The van der Waals surface area contributed by atoms with Crippen molar-refractivity contribution >= 4 is 43.4 Å². The van der Waals surface area contributed by atoms with Gasteiger partial charge in [0.1, 0.15) is 0 Å². The summed E-state index contributed by atoms with van der Waals surface area (Å²) in [6.07, 6.45) is 1.91. The summed E-state index contributed by atoms with van der Waals surface area (Å²) in [4.78, 5) is 4.55. The van der Waals surface area contributed by atoms with Crippen LogP contribution in [-0.4, -0.2) is 19.2 Å². The number of halogens is 1. The molecule has 0 unspecified atom stereocenters. The molecule has 3 aromatic carbocycles. The van der Waals surface area contributed by atoms with Crippen molar-refractivity contribution in [2.24, 2.45) is 0 Å². The minimum Gasteiger partial charge on any atom is -0.309 e. The third-order valence-electron chi connectivity index (χ3n) is 5.34. The van der Waals surface area contributed by atoms with Gasteiger partial charge in [-0.3, -0.25) is 0 Å². The van der Waals surface area contributed by atoms with Gasteiger partial charge in [0.25, 0.3) is 0 Å². The molecule has 0 aliphatic rings. The highest BCUT2D eigenvalue weighted by molar-refractivity contribution is 9.10. The molecule has 0 amide bonds. The van der Waals surface area contributed by atoms with Crippen LogP contribution in [0.2, 0.25) is 0 Å². The molecule has 0 atom stereocenters. The van der Waals surface area contributed by atoms with E-state index in [0.29, 0.717) is 4.73 Å². The summed E-state index contributed by atoms with van der Waals surface area (Å²) < 4.78 is 4.72. The van der Waals surface area contributed by atoms with E-state index in [4.69, 9.17) is 0 Å². The molecule has 0 spiro atoms. The Bertz CT molecular complexity index is 1510. The zero-order valence-corrected chi connectivity index (χ0v) is 16.9. The average Bonchev–Trinajstić information content (AvgIpc) is 3.30. The second-order valence-electron chi connectivity index (χ2n) is 6.99. The average molecular weight is 439 g/mol. The number of nitrogens with zero attached hydrogens (tertiary/aromatic N) is 4. The molecule has 3 aromatic heterocycles. The molecule has 5 heteroatoms. The fourth-order valence-electron chi connectivity index (χ4n) is 4.10. The smallest absolute Gasteiger partial charge is 0.218 e. The van der Waals surface area contributed by atoms with Gasteiger partial charge >= 0.3 is 0 Å². The molecule has 3 heterocycles. The van der Waals surface area contributed by atoms with Crippen molar-refractivity contribution < 1.29 is 0 Å².